The average Bonchev–Trinajstić information content (AvgIpc) is 2.67. The van der Waals surface area contributed by atoms with Gasteiger partial charge in [0.2, 0.25) is 0 Å². The SMILES string of the molecule is O[C@H]1CCC[C@@H]1Nc1ccc(OC(F)(F)F)c(Br)c1. The van der Waals surface area contributed by atoms with Gasteiger partial charge in [-0.3, -0.25) is 0 Å². The Kier molecular flexibility index (Phi) is 4.25. The van der Waals surface area contributed by atoms with Crippen molar-refractivity contribution in [2.24, 2.45) is 0 Å². The highest BCUT2D eigenvalue weighted by Crippen LogP contribution is 2.33. The topological polar surface area (TPSA) is 41.5 Å². The summed E-state index contributed by atoms with van der Waals surface area (Å²) >= 11 is 3.04. The number of aliphatic hydroxyl groups is 1. The zero-order valence-electron chi connectivity index (χ0n) is 9.88. The monoisotopic (exact) mass is 339 g/mol. The van der Waals surface area contributed by atoms with E-state index < -0.39 is 12.5 Å². The smallest absolute Gasteiger partial charge is 0.405 e. The van der Waals surface area contributed by atoms with Crippen LogP contribution in [0.15, 0.2) is 22.7 Å². The van der Waals surface area contributed by atoms with Gasteiger partial charge in [0, 0.05) is 5.69 Å². The molecule has 0 unspecified atom stereocenters. The van der Waals surface area contributed by atoms with Crippen LogP contribution in [0.25, 0.3) is 0 Å². The van der Waals surface area contributed by atoms with Gasteiger partial charge in [-0.2, -0.15) is 0 Å². The van der Waals surface area contributed by atoms with Gasteiger partial charge in [0.15, 0.2) is 0 Å². The number of ether oxygens (including phenoxy) is 1. The molecule has 2 rings (SSSR count). The van der Waals surface area contributed by atoms with Crippen LogP contribution in [0.3, 0.4) is 0 Å². The van der Waals surface area contributed by atoms with Gasteiger partial charge >= 0.3 is 6.36 Å². The fraction of sp³-hybridized carbons (Fsp3) is 0.500. The number of rotatable bonds is 3. The molecule has 0 heterocycles. The molecule has 7 heteroatoms. The summed E-state index contributed by atoms with van der Waals surface area (Å²) in [5.74, 6) is -0.287. The van der Waals surface area contributed by atoms with Crippen LogP contribution in [0.2, 0.25) is 0 Å². The number of hydrogen-bond donors (Lipinski definition) is 2. The molecule has 19 heavy (non-hydrogen) atoms. The molecule has 2 atom stereocenters. The Bertz CT molecular complexity index is 453. The van der Waals surface area contributed by atoms with Gasteiger partial charge in [-0.25, -0.2) is 0 Å². The van der Waals surface area contributed by atoms with Crippen molar-refractivity contribution in [3.8, 4) is 5.75 Å². The minimum Gasteiger partial charge on any atom is -0.405 e. The molecule has 0 saturated heterocycles. The highest BCUT2D eigenvalue weighted by molar-refractivity contribution is 9.10. The van der Waals surface area contributed by atoms with E-state index in [0.717, 1.165) is 19.3 Å². The molecule has 1 aromatic carbocycles. The van der Waals surface area contributed by atoms with Gasteiger partial charge in [0.25, 0.3) is 0 Å². The van der Waals surface area contributed by atoms with Gasteiger partial charge in [-0.15, -0.1) is 13.2 Å². The maximum Gasteiger partial charge on any atom is 0.573 e. The highest BCUT2D eigenvalue weighted by atomic mass is 79.9. The number of benzene rings is 1. The van der Waals surface area contributed by atoms with Crippen molar-refractivity contribution >= 4 is 21.6 Å². The molecule has 106 valence electrons. The molecule has 0 radical (unpaired) electrons. The predicted molar refractivity (Wildman–Crippen MR) is 68.1 cm³/mol. The van der Waals surface area contributed by atoms with Gasteiger partial charge in [0.05, 0.1) is 16.6 Å². The molecule has 1 aliphatic rings. The van der Waals surface area contributed by atoms with Crippen LogP contribution in [0, 0.1) is 0 Å². The summed E-state index contributed by atoms with van der Waals surface area (Å²) in [4.78, 5) is 0. The normalized spacial score (nSPS) is 23.4. The summed E-state index contributed by atoms with van der Waals surface area (Å²) in [5, 5.41) is 12.8. The molecule has 1 saturated carbocycles. The Morgan fingerprint density at radius 2 is 2.05 bits per heavy atom. The molecule has 1 fully saturated rings. The van der Waals surface area contributed by atoms with Crippen molar-refractivity contribution in [2.45, 2.75) is 37.8 Å². The third kappa shape index (κ3) is 4.01. The lowest BCUT2D eigenvalue weighted by Gasteiger charge is -2.18. The predicted octanol–water partition coefficient (Wildman–Crippen LogP) is 3.67. The van der Waals surface area contributed by atoms with Crippen molar-refractivity contribution in [2.75, 3.05) is 5.32 Å². The number of alkyl halides is 3. The first-order valence-corrected chi connectivity index (χ1v) is 6.64. The Hall–Kier alpha value is -0.950. The lowest BCUT2D eigenvalue weighted by molar-refractivity contribution is -0.274. The fourth-order valence-corrected chi connectivity index (χ4v) is 2.58. The molecule has 0 aliphatic heterocycles. The van der Waals surface area contributed by atoms with E-state index in [4.69, 9.17) is 0 Å². The van der Waals surface area contributed by atoms with E-state index in [9.17, 15) is 18.3 Å². The van der Waals surface area contributed by atoms with E-state index in [1.165, 1.54) is 18.2 Å². The second-order valence-corrected chi connectivity index (χ2v) is 5.30. The molecule has 0 bridgehead atoms. The zero-order chi connectivity index (χ0) is 14.0. The maximum atomic E-state index is 12.1. The van der Waals surface area contributed by atoms with E-state index >= 15 is 0 Å². The third-order valence-electron chi connectivity index (χ3n) is 2.99. The second-order valence-electron chi connectivity index (χ2n) is 4.44. The van der Waals surface area contributed by atoms with Crippen molar-refractivity contribution in [3.63, 3.8) is 0 Å². The molecular formula is C12H13BrF3NO2. The largest absolute Gasteiger partial charge is 0.573 e. The Labute approximate surface area is 116 Å². The van der Waals surface area contributed by atoms with Crippen molar-refractivity contribution in [1.82, 2.24) is 0 Å². The highest BCUT2D eigenvalue weighted by Gasteiger charge is 2.32. The number of aliphatic hydroxyl groups excluding tert-OH is 1. The van der Waals surface area contributed by atoms with E-state index in [-0.39, 0.29) is 16.3 Å². The molecule has 3 nitrogen and oxygen atoms in total. The van der Waals surface area contributed by atoms with Gasteiger partial charge in [0.1, 0.15) is 5.75 Å². The fourth-order valence-electron chi connectivity index (χ4n) is 2.12. The summed E-state index contributed by atoms with van der Waals surface area (Å²) in [6.45, 7) is 0. The van der Waals surface area contributed by atoms with Crippen LogP contribution in [0.4, 0.5) is 18.9 Å². The minimum atomic E-state index is -4.71. The van der Waals surface area contributed by atoms with Gasteiger partial charge in [-0.05, 0) is 53.4 Å². The number of halogens is 4. The van der Waals surface area contributed by atoms with E-state index in [1.54, 1.807) is 0 Å². The minimum absolute atomic E-state index is 0.0544. The second kappa shape index (κ2) is 5.58. The molecule has 1 aromatic rings. The zero-order valence-corrected chi connectivity index (χ0v) is 11.5. The lowest BCUT2D eigenvalue weighted by atomic mass is 10.2. The standard InChI is InChI=1S/C12H13BrF3NO2/c13-8-6-7(17-9-2-1-3-10(9)18)4-5-11(8)19-12(14,15)16/h4-6,9-10,17-18H,1-3H2/t9-,10-/m0/s1. The Morgan fingerprint density at radius 3 is 2.58 bits per heavy atom. The molecule has 2 N–H and O–H groups in total. The number of nitrogens with one attached hydrogen (secondary N) is 1. The maximum absolute atomic E-state index is 12.1. The van der Waals surface area contributed by atoms with E-state index in [1.807, 2.05) is 0 Å². The third-order valence-corrected chi connectivity index (χ3v) is 3.61. The van der Waals surface area contributed by atoms with Crippen molar-refractivity contribution < 1.29 is 23.0 Å². The number of anilines is 1. The van der Waals surface area contributed by atoms with Crippen LogP contribution >= 0.6 is 15.9 Å². The number of hydrogen-bond acceptors (Lipinski definition) is 3. The summed E-state index contributed by atoms with van der Waals surface area (Å²) in [6, 6.07) is 4.19. The van der Waals surface area contributed by atoms with E-state index in [2.05, 4.69) is 26.0 Å². The van der Waals surface area contributed by atoms with Crippen molar-refractivity contribution in [1.29, 1.82) is 0 Å². The van der Waals surface area contributed by atoms with Gasteiger partial charge in [-0.1, -0.05) is 0 Å². The summed E-state index contributed by atoms with van der Waals surface area (Å²) in [5.41, 5.74) is 0.646. The van der Waals surface area contributed by atoms with Crippen LogP contribution in [-0.4, -0.2) is 23.6 Å². The van der Waals surface area contributed by atoms with Crippen LogP contribution in [-0.2, 0) is 0 Å². The molecule has 0 spiro atoms. The quantitative estimate of drug-likeness (QED) is 0.882. The first kappa shape index (κ1) is 14.5. The summed E-state index contributed by atoms with van der Waals surface area (Å²) in [6.07, 6.45) is -2.59. The Balaban J connectivity index is 2.06. The van der Waals surface area contributed by atoms with Crippen LogP contribution in [0.5, 0.6) is 5.75 Å². The van der Waals surface area contributed by atoms with E-state index in [0.29, 0.717) is 5.69 Å². The first-order valence-electron chi connectivity index (χ1n) is 5.85. The molecule has 1 aliphatic carbocycles. The Morgan fingerprint density at radius 1 is 1.32 bits per heavy atom. The molecule has 0 aromatic heterocycles. The molecule has 0 amide bonds. The lowest BCUT2D eigenvalue weighted by Crippen LogP contribution is -2.27. The van der Waals surface area contributed by atoms with Gasteiger partial charge < -0.3 is 15.2 Å². The van der Waals surface area contributed by atoms with Crippen LogP contribution < -0.4 is 10.1 Å². The van der Waals surface area contributed by atoms with Crippen molar-refractivity contribution in [3.05, 3.63) is 22.7 Å². The average molecular weight is 340 g/mol. The summed E-state index contributed by atoms with van der Waals surface area (Å²) in [7, 11) is 0. The molecular weight excluding hydrogens is 327 g/mol. The summed E-state index contributed by atoms with van der Waals surface area (Å²) < 4.78 is 40.4. The first-order chi connectivity index (χ1) is 8.85. The van der Waals surface area contributed by atoms with Crippen LogP contribution in [0.1, 0.15) is 19.3 Å².